The molecule has 19 heavy (non-hydrogen) atoms. The number of hydrogen-bond acceptors (Lipinski definition) is 3. The molecule has 2 aliphatic rings. The molecule has 4 rings (SSSR count). The monoisotopic (exact) mass is 275 g/mol. The number of nitrogens with one attached hydrogen (secondary N) is 1. The summed E-state index contributed by atoms with van der Waals surface area (Å²) in [5, 5.41) is 5.81. The van der Waals surface area contributed by atoms with Crippen LogP contribution in [0.2, 0.25) is 0 Å². The molecule has 2 aliphatic carbocycles. The number of nitrogens with zero attached hydrogens (tertiary/aromatic N) is 2. The van der Waals surface area contributed by atoms with Gasteiger partial charge in [-0.2, -0.15) is 0 Å². The zero-order valence-electron chi connectivity index (χ0n) is 11.4. The maximum absolute atomic E-state index is 4.61. The van der Waals surface area contributed by atoms with Crippen molar-refractivity contribution < 1.29 is 0 Å². The molecule has 0 amide bonds. The molecule has 0 unspecified atom stereocenters. The van der Waals surface area contributed by atoms with E-state index in [0.717, 1.165) is 29.3 Å². The molecule has 2 saturated carbocycles. The molecular weight excluding hydrogens is 254 g/mol. The second-order valence-electron chi connectivity index (χ2n) is 6.17. The van der Waals surface area contributed by atoms with E-state index in [1.165, 1.54) is 43.6 Å². The third kappa shape index (κ3) is 2.32. The van der Waals surface area contributed by atoms with E-state index in [2.05, 4.69) is 33.2 Å². The molecule has 0 aliphatic heterocycles. The summed E-state index contributed by atoms with van der Waals surface area (Å²) in [6, 6.07) is 0. The summed E-state index contributed by atoms with van der Waals surface area (Å²) in [6.45, 7) is 4.28. The zero-order valence-corrected chi connectivity index (χ0v) is 12.2. The van der Waals surface area contributed by atoms with Crippen molar-refractivity contribution in [3.05, 3.63) is 23.0 Å². The Labute approximate surface area is 118 Å². The van der Waals surface area contributed by atoms with Gasteiger partial charge in [-0.1, -0.05) is 0 Å². The normalized spacial score (nSPS) is 19.7. The van der Waals surface area contributed by atoms with Crippen LogP contribution in [0.3, 0.4) is 0 Å². The standard InChI is InChI=1S/C15H21N3S/c1-10-14(18-6-7-19-15(18)17-10)9-16-8-13(11-2-3-11)12-4-5-12/h6-7,11-13,16H,2-5,8-9H2,1H3. The minimum Gasteiger partial charge on any atom is -0.311 e. The van der Waals surface area contributed by atoms with Crippen molar-refractivity contribution in [1.29, 1.82) is 0 Å². The van der Waals surface area contributed by atoms with Gasteiger partial charge >= 0.3 is 0 Å². The topological polar surface area (TPSA) is 29.3 Å². The van der Waals surface area contributed by atoms with E-state index in [0.29, 0.717) is 0 Å². The van der Waals surface area contributed by atoms with Crippen molar-refractivity contribution in [3.8, 4) is 0 Å². The maximum Gasteiger partial charge on any atom is 0.194 e. The molecule has 0 radical (unpaired) electrons. The van der Waals surface area contributed by atoms with Crippen LogP contribution in [0.5, 0.6) is 0 Å². The highest BCUT2D eigenvalue weighted by Gasteiger charge is 2.40. The highest BCUT2D eigenvalue weighted by molar-refractivity contribution is 7.15. The van der Waals surface area contributed by atoms with E-state index >= 15 is 0 Å². The lowest BCUT2D eigenvalue weighted by Crippen LogP contribution is -2.26. The molecule has 0 bridgehead atoms. The van der Waals surface area contributed by atoms with E-state index in [1.807, 2.05) is 0 Å². The van der Waals surface area contributed by atoms with Crippen LogP contribution in [0.4, 0.5) is 0 Å². The van der Waals surface area contributed by atoms with Crippen LogP contribution in [0.15, 0.2) is 11.6 Å². The Balaban J connectivity index is 1.41. The predicted octanol–water partition coefficient (Wildman–Crippen LogP) is 3.23. The Bertz CT molecular complexity index is 565. The molecule has 102 valence electrons. The summed E-state index contributed by atoms with van der Waals surface area (Å²) in [5.74, 6) is 3.02. The third-order valence-electron chi connectivity index (χ3n) is 4.69. The molecule has 2 aromatic heterocycles. The third-order valence-corrected chi connectivity index (χ3v) is 5.45. The minimum atomic E-state index is 0.950. The number of aromatic nitrogens is 2. The fourth-order valence-corrected chi connectivity index (χ4v) is 4.06. The largest absolute Gasteiger partial charge is 0.311 e. The molecule has 0 spiro atoms. The first kappa shape index (κ1) is 11.9. The average molecular weight is 275 g/mol. The first-order valence-electron chi connectivity index (χ1n) is 7.44. The van der Waals surface area contributed by atoms with Crippen LogP contribution in [-0.2, 0) is 6.54 Å². The minimum absolute atomic E-state index is 0.950. The van der Waals surface area contributed by atoms with Gasteiger partial charge in [-0.15, -0.1) is 11.3 Å². The summed E-state index contributed by atoms with van der Waals surface area (Å²) < 4.78 is 2.23. The molecule has 0 atom stereocenters. The highest BCUT2D eigenvalue weighted by Crippen LogP contribution is 2.48. The average Bonchev–Trinajstić information content (AvgIpc) is 3.29. The van der Waals surface area contributed by atoms with Crippen LogP contribution in [-0.4, -0.2) is 15.9 Å². The molecule has 3 nitrogen and oxygen atoms in total. The van der Waals surface area contributed by atoms with Gasteiger partial charge in [0.25, 0.3) is 0 Å². The van der Waals surface area contributed by atoms with Gasteiger partial charge in [0.2, 0.25) is 0 Å². The van der Waals surface area contributed by atoms with Gasteiger partial charge in [0.15, 0.2) is 4.96 Å². The Kier molecular flexibility index (Phi) is 2.88. The number of fused-ring (bicyclic) bond motifs is 1. The Morgan fingerprint density at radius 2 is 2.11 bits per heavy atom. The summed E-state index contributed by atoms with van der Waals surface area (Å²) >= 11 is 1.72. The van der Waals surface area contributed by atoms with Crippen molar-refractivity contribution >= 4 is 16.3 Å². The smallest absolute Gasteiger partial charge is 0.194 e. The Morgan fingerprint density at radius 1 is 1.37 bits per heavy atom. The van der Waals surface area contributed by atoms with Gasteiger partial charge in [-0.05, 0) is 56.9 Å². The quantitative estimate of drug-likeness (QED) is 0.877. The zero-order chi connectivity index (χ0) is 12.8. The fourth-order valence-electron chi connectivity index (χ4n) is 3.28. The molecule has 0 aromatic carbocycles. The van der Waals surface area contributed by atoms with Crippen molar-refractivity contribution in [2.24, 2.45) is 17.8 Å². The van der Waals surface area contributed by atoms with Crippen LogP contribution >= 0.6 is 11.3 Å². The van der Waals surface area contributed by atoms with E-state index in [9.17, 15) is 0 Å². The molecule has 2 aromatic rings. The Morgan fingerprint density at radius 3 is 2.79 bits per heavy atom. The van der Waals surface area contributed by atoms with Gasteiger partial charge in [-0.25, -0.2) is 4.98 Å². The number of aryl methyl sites for hydroxylation is 1. The van der Waals surface area contributed by atoms with Crippen LogP contribution < -0.4 is 5.32 Å². The van der Waals surface area contributed by atoms with Crippen LogP contribution in [0.25, 0.3) is 4.96 Å². The number of rotatable bonds is 6. The van der Waals surface area contributed by atoms with E-state index < -0.39 is 0 Å². The highest BCUT2D eigenvalue weighted by atomic mass is 32.1. The maximum atomic E-state index is 4.61. The molecule has 2 heterocycles. The van der Waals surface area contributed by atoms with Gasteiger partial charge in [-0.3, -0.25) is 4.40 Å². The van der Waals surface area contributed by atoms with Gasteiger partial charge in [0.1, 0.15) is 0 Å². The van der Waals surface area contributed by atoms with E-state index in [-0.39, 0.29) is 0 Å². The van der Waals surface area contributed by atoms with Crippen molar-refractivity contribution in [1.82, 2.24) is 14.7 Å². The van der Waals surface area contributed by atoms with Crippen molar-refractivity contribution in [2.45, 2.75) is 39.2 Å². The molecule has 4 heteroatoms. The lowest BCUT2D eigenvalue weighted by molar-refractivity contribution is 0.377. The summed E-state index contributed by atoms with van der Waals surface area (Å²) in [6.07, 6.45) is 8.04. The second-order valence-corrected chi connectivity index (χ2v) is 7.04. The molecular formula is C15H21N3S. The predicted molar refractivity (Wildman–Crippen MR) is 78.5 cm³/mol. The van der Waals surface area contributed by atoms with Crippen LogP contribution in [0, 0.1) is 24.7 Å². The van der Waals surface area contributed by atoms with E-state index in [1.54, 1.807) is 11.3 Å². The van der Waals surface area contributed by atoms with Crippen molar-refractivity contribution in [2.75, 3.05) is 6.54 Å². The summed E-state index contributed by atoms with van der Waals surface area (Å²) in [7, 11) is 0. The van der Waals surface area contributed by atoms with E-state index in [4.69, 9.17) is 0 Å². The van der Waals surface area contributed by atoms with Crippen molar-refractivity contribution in [3.63, 3.8) is 0 Å². The van der Waals surface area contributed by atoms with Gasteiger partial charge in [0.05, 0.1) is 11.4 Å². The lowest BCUT2D eigenvalue weighted by Gasteiger charge is -2.16. The lowest BCUT2D eigenvalue weighted by atomic mass is 9.98. The molecule has 1 N–H and O–H groups in total. The fraction of sp³-hybridized carbons (Fsp3) is 0.667. The van der Waals surface area contributed by atoms with Gasteiger partial charge < -0.3 is 5.32 Å². The van der Waals surface area contributed by atoms with Crippen LogP contribution in [0.1, 0.15) is 37.1 Å². The molecule has 0 saturated heterocycles. The first-order valence-corrected chi connectivity index (χ1v) is 8.32. The van der Waals surface area contributed by atoms with Gasteiger partial charge in [0, 0.05) is 18.1 Å². The first-order chi connectivity index (χ1) is 9.33. The summed E-state index contributed by atoms with van der Waals surface area (Å²) in [5.41, 5.74) is 2.51. The number of thiazole rings is 1. The number of hydrogen-bond donors (Lipinski definition) is 1. The second kappa shape index (κ2) is 4.60. The summed E-state index contributed by atoms with van der Waals surface area (Å²) in [4.78, 5) is 5.73. The number of imidazole rings is 1. The Hall–Kier alpha value is -0.870. The SMILES string of the molecule is Cc1nc2sccn2c1CNCC(C1CC1)C1CC1. The molecule has 2 fully saturated rings.